The average Bonchev–Trinajstić information content (AvgIpc) is 2.93. The number of anilines is 1. The van der Waals surface area contributed by atoms with Gasteiger partial charge >= 0.3 is 6.18 Å². The number of nitrogens with zero attached hydrogens (tertiary/aromatic N) is 2. The Hall–Kier alpha value is -2.99. The SMILES string of the molecule is CCC(C(=O)NC)N(Cc1ccc(Cl)c(Cl)c1)C(=O)CN(c1cc(C(F)(F)F)ccc1Cl)S(=O)(=O)c1ccccc1. The van der Waals surface area contributed by atoms with Crippen LogP contribution in [-0.4, -0.2) is 44.8 Å². The summed E-state index contributed by atoms with van der Waals surface area (Å²) in [4.78, 5) is 27.5. The fourth-order valence-electron chi connectivity index (χ4n) is 4.03. The van der Waals surface area contributed by atoms with E-state index in [1.54, 1.807) is 19.1 Å². The van der Waals surface area contributed by atoms with Crippen molar-refractivity contribution < 1.29 is 31.2 Å². The minimum atomic E-state index is -4.82. The molecule has 0 heterocycles. The van der Waals surface area contributed by atoms with Crippen LogP contribution in [0, 0.1) is 0 Å². The molecule has 14 heteroatoms. The van der Waals surface area contributed by atoms with Crippen LogP contribution in [0.15, 0.2) is 71.6 Å². The highest BCUT2D eigenvalue weighted by Crippen LogP contribution is 2.37. The molecule has 0 aromatic heterocycles. The Morgan fingerprint density at radius 3 is 2.12 bits per heavy atom. The predicted molar refractivity (Wildman–Crippen MR) is 153 cm³/mol. The molecule has 7 nitrogen and oxygen atoms in total. The van der Waals surface area contributed by atoms with Gasteiger partial charge in [-0.05, 0) is 54.4 Å². The van der Waals surface area contributed by atoms with E-state index in [-0.39, 0.29) is 32.9 Å². The van der Waals surface area contributed by atoms with Gasteiger partial charge in [-0.3, -0.25) is 13.9 Å². The van der Waals surface area contributed by atoms with Crippen LogP contribution in [0.2, 0.25) is 15.1 Å². The van der Waals surface area contributed by atoms with Gasteiger partial charge in [-0.25, -0.2) is 8.42 Å². The second-order valence-electron chi connectivity index (χ2n) is 8.80. The highest BCUT2D eigenvalue weighted by molar-refractivity contribution is 7.92. The van der Waals surface area contributed by atoms with Crippen LogP contribution in [0.5, 0.6) is 0 Å². The van der Waals surface area contributed by atoms with E-state index >= 15 is 0 Å². The molecule has 0 aliphatic heterocycles. The van der Waals surface area contributed by atoms with Crippen LogP contribution in [0.25, 0.3) is 0 Å². The van der Waals surface area contributed by atoms with Gasteiger partial charge in [0.1, 0.15) is 12.6 Å². The molecule has 3 rings (SSSR count). The van der Waals surface area contributed by atoms with Crippen LogP contribution in [0.1, 0.15) is 24.5 Å². The molecule has 1 N–H and O–H groups in total. The number of likely N-dealkylation sites (N-methyl/N-ethyl adjacent to an activating group) is 1. The standard InChI is InChI=1S/C27H25Cl3F3N3O4S/c1-3-23(26(38)34-2)35(15-17-9-11-20(28)22(30)13-17)25(37)16-36(41(39,40)19-7-5-4-6-8-19)24-14-18(27(31,32)33)10-12-21(24)29/h4-14,23H,3,15-16H2,1-2H3,(H,34,38). The molecule has 0 saturated carbocycles. The molecule has 0 bridgehead atoms. The van der Waals surface area contributed by atoms with Crippen LogP contribution < -0.4 is 9.62 Å². The molecule has 0 radical (unpaired) electrons. The molecule has 3 aromatic rings. The summed E-state index contributed by atoms with van der Waals surface area (Å²) in [6, 6.07) is 12.6. The first-order valence-electron chi connectivity index (χ1n) is 12.1. The Labute approximate surface area is 250 Å². The molecule has 0 spiro atoms. The van der Waals surface area contributed by atoms with E-state index in [0.717, 1.165) is 11.0 Å². The van der Waals surface area contributed by atoms with Gasteiger partial charge in [0.15, 0.2) is 0 Å². The molecule has 2 amide bonds. The summed E-state index contributed by atoms with van der Waals surface area (Å²) >= 11 is 18.4. The van der Waals surface area contributed by atoms with Gasteiger partial charge < -0.3 is 10.2 Å². The highest BCUT2D eigenvalue weighted by Gasteiger charge is 2.36. The van der Waals surface area contributed by atoms with Crippen molar-refractivity contribution >= 4 is 62.3 Å². The van der Waals surface area contributed by atoms with Crippen LogP contribution in [0.4, 0.5) is 18.9 Å². The second kappa shape index (κ2) is 13.3. The maximum absolute atomic E-state index is 13.9. The number of carbonyl (C=O) groups excluding carboxylic acids is 2. The lowest BCUT2D eigenvalue weighted by Gasteiger charge is -2.33. The topological polar surface area (TPSA) is 86.8 Å². The third-order valence-corrected chi connectivity index (χ3v) is 8.95. The third kappa shape index (κ3) is 7.65. The van der Waals surface area contributed by atoms with Crippen LogP contribution in [-0.2, 0) is 32.3 Å². The number of nitrogens with one attached hydrogen (secondary N) is 1. The summed E-state index contributed by atoms with van der Waals surface area (Å²) in [5.41, 5.74) is -1.24. The van der Waals surface area contributed by atoms with Crippen molar-refractivity contribution in [3.63, 3.8) is 0 Å². The maximum atomic E-state index is 13.9. The fraction of sp³-hybridized carbons (Fsp3) is 0.259. The van der Waals surface area contributed by atoms with Crippen LogP contribution in [0.3, 0.4) is 0 Å². The van der Waals surface area contributed by atoms with Crippen molar-refractivity contribution in [2.24, 2.45) is 0 Å². The van der Waals surface area contributed by atoms with Gasteiger partial charge in [-0.2, -0.15) is 13.2 Å². The lowest BCUT2D eigenvalue weighted by Crippen LogP contribution is -2.51. The van der Waals surface area contributed by atoms with Gasteiger partial charge in [0.05, 0.1) is 31.2 Å². The molecule has 1 unspecified atom stereocenters. The first-order chi connectivity index (χ1) is 19.2. The quantitative estimate of drug-likeness (QED) is 0.275. The Bertz CT molecular complexity index is 1520. The molecule has 1 atom stereocenters. The number of carbonyl (C=O) groups is 2. The zero-order valence-electron chi connectivity index (χ0n) is 21.8. The van der Waals surface area contributed by atoms with Crippen molar-refractivity contribution in [2.45, 2.75) is 37.0 Å². The Morgan fingerprint density at radius 1 is 0.927 bits per heavy atom. The summed E-state index contributed by atoms with van der Waals surface area (Å²) in [6.07, 6.45) is -4.68. The molecular weight excluding hydrogens is 626 g/mol. The largest absolute Gasteiger partial charge is 0.416 e. The van der Waals surface area contributed by atoms with E-state index in [4.69, 9.17) is 34.8 Å². The van der Waals surface area contributed by atoms with Gasteiger partial charge in [-0.1, -0.05) is 66.0 Å². The monoisotopic (exact) mass is 649 g/mol. The number of halogens is 6. The normalized spacial score (nSPS) is 12.5. The molecule has 0 fully saturated rings. The number of amides is 2. The van der Waals surface area contributed by atoms with Gasteiger partial charge in [-0.15, -0.1) is 0 Å². The zero-order chi connectivity index (χ0) is 30.5. The summed E-state index contributed by atoms with van der Waals surface area (Å²) in [5, 5.41) is 2.58. The maximum Gasteiger partial charge on any atom is 0.416 e. The minimum absolute atomic E-state index is 0.141. The van der Waals surface area contributed by atoms with Gasteiger partial charge in [0.2, 0.25) is 11.8 Å². The number of alkyl halides is 3. The molecule has 0 aliphatic carbocycles. The summed E-state index contributed by atoms with van der Waals surface area (Å²) in [6.45, 7) is 0.501. The summed E-state index contributed by atoms with van der Waals surface area (Å²) < 4.78 is 68.9. The molecule has 220 valence electrons. The number of benzene rings is 3. The Morgan fingerprint density at radius 2 is 1.56 bits per heavy atom. The summed E-state index contributed by atoms with van der Waals surface area (Å²) in [7, 11) is -3.24. The number of rotatable bonds is 10. The fourth-order valence-corrected chi connectivity index (χ4v) is 6.07. The molecule has 0 aliphatic rings. The zero-order valence-corrected chi connectivity index (χ0v) is 24.8. The van der Waals surface area contributed by atoms with E-state index in [9.17, 15) is 31.2 Å². The highest BCUT2D eigenvalue weighted by atomic mass is 35.5. The molecular formula is C27H25Cl3F3N3O4S. The Balaban J connectivity index is 2.16. The van der Waals surface area contributed by atoms with Crippen molar-refractivity contribution in [1.29, 1.82) is 0 Å². The number of hydrogen-bond donors (Lipinski definition) is 1. The molecule has 41 heavy (non-hydrogen) atoms. The first kappa shape index (κ1) is 32.5. The van der Waals surface area contributed by atoms with Crippen molar-refractivity contribution in [3.8, 4) is 0 Å². The molecule has 3 aromatic carbocycles. The van der Waals surface area contributed by atoms with Crippen molar-refractivity contribution in [3.05, 3.63) is 92.9 Å². The van der Waals surface area contributed by atoms with Gasteiger partial charge in [0, 0.05) is 13.6 Å². The number of sulfonamides is 1. The number of hydrogen-bond acceptors (Lipinski definition) is 4. The van der Waals surface area contributed by atoms with E-state index in [0.29, 0.717) is 22.0 Å². The lowest BCUT2D eigenvalue weighted by molar-refractivity contribution is -0.140. The van der Waals surface area contributed by atoms with Gasteiger partial charge in [0.25, 0.3) is 10.0 Å². The predicted octanol–water partition coefficient (Wildman–Crippen LogP) is 6.41. The van der Waals surface area contributed by atoms with E-state index in [2.05, 4.69) is 5.32 Å². The minimum Gasteiger partial charge on any atom is -0.357 e. The van der Waals surface area contributed by atoms with Crippen molar-refractivity contribution in [2.75, 3.05) is 17.9 Å². The Kier molecular flexibility index (Phi) is 10.6. The van der Waals surface area contributed by atoms with Crippen LogP contribution >= 0.6 is 34.8 Å². The van der Waals surface area contributed by atoms with E-state index < -0.39 is 51.9 Å². The van der Waals surface area contributed by atoms with E-state index in [1.807, 2.05) is 0 Å². The second-order valence-corrected chi connectivity index (χ2v) is 11.9. The lowest BCUT2D eigenvalue weighted by atomic mass is 10.1. The summed E-state index contributed by atoms with van der Waals surface area (Å²) in [5.74, 6) is -1.41. The molecule has 0 saturated heterocycles. The smallest absolute Gasteiger partial charge is 0.357 e. The van der Waals surface area contributed by atoms with Crippen molar-refractivity contribution in [1.82, 2.24) is 10.2 Å². The average molecular weight is 651 g/mol. The third-order valence-electron chi connectivity index (χ3n) is 6.12. The first-order valence-corrected chi connectivity index (χ1v) is 14.7. The van der Waals surface area contributed by atoms with E-state index in [1.165, 1.54) is 43.4 Å².